The Morgan fingerprint density at radius 1 is 1.31 bits per heavy atom. The molecule has 0 aliphatic carbocycles. The molecule has 0 radical (unpaired) electrons. The van der Waals surface area contributed by atoms with Gasteiger partial charge in [-0.15, -0.1) is 0 Å². The standard InChI is InChI=1S/C21H28N2O3/c1-7-8-17-16(20(25)23(6)22-17)11-15-14-9-10-21(4,5)26-19(14)13(3)12(2)18(15)24/h11,24H,7-10H2,1-6H3/b16-11+. The number of ether oxygens (including phenoxy) is 1. The van der Waals surface area contributed by atoms with E-state index in [1.807, 2.05) is 19.9 Å². The summed E-state index contributed by atoms with van der Waals surface area (Å²) in [5.41, 5.74) is 4.55. The smallest absolute Gasteiger partial charge is 0.275 e. The zero-order chi connectivity index (χ0) is 19.2. The van der Waals surface area contributed by atoms with Gasteiger partial charge in [0.15, 0.2) is 0 Å². The van der Waals surface area contributed by atoms with E-state index in [0.29, 0.717) is 11.1 Å². The zero-order valence-electron chi connectivity index (χ0n) is 16.6. The summed E-state index contributed by atoms with van der Waals surface area (Å²) in [6.45, 7) is 10.1. The average Bonchev–Trinajstić information content (AvgIpc) is 2.84. The third-order valence-corrected chi connectivity index (χ3v) is 5.35. The van der Waals surface area contributed by atoms with Gasteiger partial charge in [0.05, 0.1) is 11.3 Å². The minimum atomic E-state index is -0.232. The Bertz CT molecular complexity index is 834. The van der Waals surface area contributed by atoms with Gasteiger partial charge in [0.1, 0.15) is 17.1 Å². The molecule has 0 atom stereocenters. The number of hydrogen-bond donors (Lipinski definition) is 1. The number of benzene rings is 1. The van der Waals surface area contributed by atoms with Crippen molar-refractivity contribution in [3.63, 3.8) is 0 Å². The Hall–Kier alpha value is -2.30. The van der Waals surface area contributed by atoms with Crippen molar-refractivity contribution in [2.45, 2.75) is 65.9 Å². The van der Waals surface area contributed by atoms with Gasteiger partial charge in [0.25, 0.3) is 5.91 Å². The maximum absolute atomic E-state index is 12.6. The molecule has 140 valence electrons. The van der Waals surface area contributed by atoms with E-state index in [1.165, 1.54) is 5.01 Å². The number of fused-ring (bicyclic) bond motifs is 1. The van der Waals surface area contributed by atoms with Crippen molar-refractivity contribution in [1.82, 2.24) is 5.01 Å². The number of nitrogens with zero attached hydrogens (tertiary/aromatic N) is 2. The number of carbonyl (C=O) groups is 1. The molecular weight excluding hydrogens is 328 g/mol. The lowest BCUT2D eigenvalue weighted by Gasteiger charge is -2.35. The van der Waals surface area contributed by atoms with E-state index in [1.54, 1.807) is 7.05 Å². The van der Waals surface area contributed by atoms with Gasteiger partial charge in [0.2, 0.25) is 0 Å². The minimum absolute atomic E-state index is 0.128. The molecule has 0 saturated heterocycles. The Morgan fingerprint density at radius 3 is 2.65 bits per heavy atom. The molecular formula is C21H28N2O3. The van der Waals surface area contributed by atoms with Crippen LogP contribution >= 0.6 is 0 Å². The predicted molar refractivity (Wildman–Crippen MR) is 104 cm³/mol. The van der Waals surface area contributed by atoms with Gasteiger partial charge in [-0.2, -0.15) is 5.10 Å². The topological polar surface area (TPSA) is 62.1 Å². The number of hydrogen-bond acceptors (Lipinski definition) is 4. The summed E-state index contributed by atoms with van der Waals surface area (Å²) in [7, 11) is 1.67. The Labute approximate surface area is 155 Å². The van der Waals surface area contributed by atoms with Crippen LogP contribution in [0.15, 0.2) is 10.7 Å². The SMILES string of the molecule is CCCC1=NN(C)C(=O)/C1=C/c1c(O)c(C)c(C)c2c1CCC(C)(C)O2. The van der Waals surface area contributed by atoms with Crippen LogP contribution < -0.4 is 4.74 Å². The normalized spacial score (nSPS) is 20.2. The Morgan fingerprint density at radius 2 is 2.00 bits per heavy atom. The molecule has 0 unspecified atom stereocenters. The highest BCUT2D eigenvalue weighted by Crippen LogP contribution is 2.44. The van der Waals surface area contributed by atoms with Gasteiger partial charge in [-0.05, 0) is 64.2 Å². The molecule has 2 aliphatic rings. The van der Waals surface area contributed by atoms with Crippen molar-refractivity contribution in [1.29, 1.82) is 0 Å². The molecule has 0 saturated carbocycles. The van der Waals surface area contributed by atoms with E-state index in [0.717, 1.165) is 53.8 Å². The molecule has 1 N–H and O–H groups in total. The third-order valence-electron chi connectivity index (χ3n) is 5.35. The van der Waals surface area contributed by atoms with Gasteiger partial charge in [-0.25, -0.2) is 5.01 Å². The largest absolute Gasteiger partial charge is 0.507 e. The fraction of sp³-hybridized carbons (Fsp3) is 0.524. The van der Waals surface area contributed by atoms with Crippen LogP contribution in [-0.2, 0) is 11.2 Å². The van der Waals surface area contributed by atoms with Crippen molar-refractivity contribution < 1.29 is 14.6 Å². The van der Waals surface area contributed by atoms with Crippen molar-refractivity contribution in [3.8, 4) is 11.5 Å². The molecule has 3 rings (SSSR count). The molecule has 1 aromatic rings. The molecule has 2 aliphatic heterocycles. The first-order valence-corrected chi connectivity index (χ1v) is 9.28. The molecule has 0 fully saturated rings. The van der Waals surface area contributed by atoms with E-state index >= 15 is 0 Å². The Balaban J connectivity index is 2.19. The van der Waals surface area contributed by atoms with E-state index in [9.17, 15) is 9.90 Å². The second-order valence-corrected chi connectivity index (χ2v) is 7.87. The summed E-state index contributed by atoms with van der Waals surface area (Å²) in [6, 6.07) is 0. The second-order valence-electron chi connectivity index (χ2n) is 7.87. The highest BCUT2D eigenvalue weighted by Gasteiger charge is 2.33. The van der Waals surface area contributed by atoms with E-state index in [2.05, 4.69) is 25.9 Å². The fourth-order valence-corrected chi connectivity index (χ4v) is 3.63. The van der Waals surface area contributed by atoms with Crippen molar-refractivity contribution in [3.05, 3.63) is 27.8 Å². The Kier molecular flexibility index (Phi) is 4.59. The molecule has 26 heavy (non-hydrogen) atoms. The van der Waals surface area contributed by atoms with Gasteiger partial charge >= 0.3 is 0 Å². The number of rotatable bonds is 3. The fourth-order valence-electron chi connectivity index (χ4n) is 3.63. The summed E-state index contributed by atoms with van der Waals surface area (Å²) in [5.74, 6) is 0.948. The molecule has 1 amide bonds. The van der Waals surface area contributed by atoms with Crippen LogP contribution in [0, 0.1) is 13.8 Å². The van der Waals surface area contributed by atoms with Gasteiger partial charge in [-0.1, -0.05) is 13.3 Å². The number of carbonyl (C=O) groups excluding carboxylic acids is 1. The molecule has 0 bridgehead atoms. The van der Waals surface area contributed by atoms with Gasteiger partial charge in [0, 0.05) is 18.2 Å². The lowest BCUT2D eigenvalue weighted by atomic mass is 9.86. The van der Waals surface area contributed by atoms with Crippen LogP contribution in [0.3, 0.4) is 0 Å². The maximum Gasteiger partial charge on any atom is 0.275 e. The van der Waals surface area contributed by atoms with Crippen LogP contribution in [0.25, 0.3) is 6.08 Å². The van der Waals surface area contributed by atoms with Crippen LogP contribution in [0.1, 0.15) is 62.3 Å². The van der Waals surface area contributed by atoms with Crippen molar-refractivity contribution >= 4 is 17.7 Å². The number of amides is 1. The first kappa shape index (κ1) is 18.5. The molecule has 5 heteroatoms. The number of phenolic OH excluding ortho intramolecular Hbond substituents is 1. The number of likely N-dealkylation sites (N-methyl/N-ethyl adjacent to an activating group) is 1. The average molecular weight is 356 g/mol. The molecule has 1 aromatic carbocycles. The lowest BCUT2D eigenvalue weighted by Crippen LogP contribution is -2.33. The van der Waals surface area contributed by atoms with Gasteiger partial charge < -0.3 is 9.84 Å². The van der Waals surface area contributed by atoms with E-state index < -0.39 is 0 Å². The third kappa shape index (κ3) is 3.00. The zero-order valence-corrected chi connectivity index (χ0v) is 16.6. The first-order chi connectivity index (χ1) is 12.2. The van der Waals surface area contributed by atoms with E-state index in [4.69, 9.17) is 4.74 Å². The monoisotopic (exact) mass is 356 g/mol. The predicted octanol–water partition coefficient (Wildman–Crippen LogP) is 4.12. The van der Waals surface area contributed by atoms with Crippen LogP contribution in [0.2, 0.25) is 0 Å². The summed E-state index contributed by atoms with van der Waals surface area (Å²) in [4.78, 5) is 12.6. The molecule has 0 spiro atoms. The maximum atomic E-state index is 12.6. The quantitative estimate of drug-likeness (QED) is 0.829. The summed E-state index contributed by atoms with van der Waals surface area (Å²) in [5, 5.41) is 16.6. The van der Waals surface area contributed by atoms with Crippen LogP contribution in [0.4, 0.5) is 0 Å². The molecule has 0 aromatic heterocycles. The summed E-state index contributed by atoms with van der Waals surface area (Å²) in [6.07, 6.45) is 5.12. The second kappa shape index (κ2) is 6.45. The van der Waals surface area contributed by atoms with Crippen LogP contribution in [-0.4, -0.2) is 34.4 Å². The first-order valence-electron chi connectivity index (χ1n) is 9.28. The number of hydrazone groups is 1. The van der Waals surface area contributed by atoms with E-state index in [-0.39, 0.29) is 17.3 Å². The van der Waals surface area contributed by atoms with Crippen molar-refractivity contribution in [2.75, 3.05) is 7.05 Å². The minimum Gasteiger partial charge on any atom is -0.507 e. The van der Waals surface area contributed by atoms with Crippen molar-refractivity contribution in [2.24, 2.45) is 5.10 Å². The highest BCUT2D eigenvalue weighted by molar-refractivity contribution is 6.27. The number of aromatic hydroxyl groups is 1. The van der Waals surface area contributed by atoms with Gasteiger partial charge in [-0.3, -0.25) is 4.79 Å². The highest BCUT2D eigenvalue weighted by atomic mass is 16.5. The lowest BCUT2D eigenvalue weighted by molar-refractivity contribution is -0.124. The molecule has 5 nitrogen and oxygen atoms in total. The van der Waals surface area contributed by atoms with Crippen LogP contribution in [0.5, 0.6) is 11.5 Å². The summed E-state index contributed by atoms with van der Waals surface area (Å²) < 4.78 is 6.25. The molecule has 2 heterocycles. The summed E-state index contributed by atoms with van der Waals surface area (Å²) >= 11 is 0. The number of phenols is 1.